The number of nitrogens with zero attached hydrogens (tertiary/aromatic N) is 3. The number of rotatable bonds is 2. The Kier molecular flexibility index (Phi) is 3.68. The summed E-state index contributed by atoms with van der Waals surface area (Å²) in [5, 5.41) is 18.0. The molecule has 1 N–H and O–H groups in total. The molecular weight excluding hydrogens is 375 g/mol. The predicted molar refractivity (Wildman–Crippen MR) is 89.1 cm³/mol. The summed E-state index contributed by atoms with van der Waals surface area (Å²) in [5.74, 6) is 0. The maximum absolute atomic E-state index is 9.12. The lowest BCUT2D eigenvalue weighted by molar-refractivity contribution is 0.417. The lowest BCUT2D eigenvalue weighted by Gasteiger charge is -2.11. The number of fused-ring (bicyclic) bond motifs is 1. The molecule has 0 amide bonds. The largest absolute Gasteiger partial charge is 0.328 e. The smallest absolute Gasteiger partial charge is 0.179 e. The van der Waals surface area contributed by atoms with E-state index in [2.05, 4.69) is 50.8 Å². The molecule has 0 aromatic heterocycles. The molecule has 0 atom stereocenters. The Balaban J connectivity index is 2.12. The Labute approximate surface area is 137 Å². The Morgan fingerprint density at radius 2 is 1.86 bits per heavy atom. The molecule has 0 bridgehead atoms. The van der Waals surface area contributed by atoms with Gasteiger partial charge in [-0.2, -0.15) is 10.5 Å². The number of nitrogens with one attached hydrogen (secondary N) is 1. The van der Waals surface area contributed by atoms with E-state index in [0.29, 0.717) is 18.7 Å². The Morgan fingerprint density at radius 3 is 2.48 bits per heavy atom. The Bertz CT molecular complexity index is 769. The van der Waals surface area contributed by atoms with Crippen molar-refractivity contribution >= 4 is 28.6 Å². The van der Waals surface area contributed by atoms with Gasteiger partial charge in [-0.3, -0.25) is 0 Å². The first-order valence-electron chi connectivity index (χ1n) is 6.43. The van der Waals surface area contributed by atoms with E-state index in [9.17, 15) is 0 Å². The zero-order valence-electron chi connectivity index (χ0n) is 11.1. The van der Waals surface area contributed by atoms with Crippen molar-refractivity contribution in [2.24, 2.45) is 0 Å². The third kappa shape index (κ3) is 2.53. The summed E-state index contributed by atoms with van der Waals surface area (Å²) < 4.78 is 3.14. The molecule has 4 nitrogen and oxygen atoms in total. The molecule has 0 spiro atoms. The molecule has 21 heavy (non-hydrogen) atoms. The first kappa shape index (κ1) is 13.7. The quantitative estimate of drug-likeness (QED) is 0.485. The third-order valence-corrected chi connectivity index (χ3v) is 4.25. The van der Waals surface area contributed by atoms with E-state index in [1.165, 1.54) is 11.1 Å². The molecule has 102 valence electrons. The number of anilines is 1. The van der Waals surface area contributed by atoms with Crippen LogP contribution in [0.5, 0.6) is 0 Å². The fraction of sp³-hybridized carbons (Fsp3) is 0.125. The number of halogens is 1. The SMILES string of the molecule is N#Cc1ccc(-c2cc(NI)cc3c2CN(C#N)C3)cc1. The highest BCUT2D eigenvalue weighted by Gasteiger charge is 2.22. The molecule has 1 aliphatic rings. The van der Waals surface area contributed by atoms with Gasteiger partial charge in [0.1, 0.15) is 0 Å². The van der Waals surface area contributed by atoms with Crippen LogP contribution in [0, 0.1) is 22.8 Å². The highest BCUT2D eigenvalue weighted by molar-refractivity contribution is 14.1. The average molecular weight is 386 g/mol. The van der Waals surface area contributed by atoms with Gasteiger partial charge in [0, 0.05) is 5.69 Å². The number of benzene rings is 2. The maximum Gasteiger partial charge on any atom is 0.179 e. The van der Waals surface area contributed by atoms with Crippen molar-refractivity contribution in [1.29, 1.82) is 10.5 Å². The zero-order chi connectivity index (χ0) is 14.8. The van der Waals surface area contributed by atoms with Crippen LogP contribution in [0.3, 0.4) is 0 Å². The summed E-state index contributed by atoms with van der Waals surface area (Å²) in [6.45, 7) is 1.30. The van der Waals surface area contributed by atoms with Gasteiger partial charge in [0.25, 0.3) is 0 Å². The monoisotopic (exact) mass is 386 g/mol. The zero-order valence-corrected chi connectivity index (χ0v) is 13.3. The van der Waals surface area contributed by atoms with E-state index in [1.54, 1.807) is 4.90 Å². The Morgan fingerprint density at radius 1 is 1.10 bits per heavy atom. The topological polar surface area (TPSA) is 62.9 Å². The summed E-state index contributed by atoms with van der Waals surface area (Å²) in [5.41, 5.74) is 6.23. The second kappa shape index (κ2) is 5.63. The second-order valence-electron chi connectivity index (χ2n) is 4.90. The minimum atomic E-state index is 0.642. The molecule has 0 unspecified atom stereocenters. The van der Waals surface area contributed by atoms with Gasteiger partial charge in [0.15, 0.2) is 6.19 Å². The molecular formula is C16H11IN4. The summed E-state index contributed by atoms with van der Waals surface area (Å²) in [6, 6.07) is 13.9. The molecule has 0 aliphatic carbocycles. The van der Waals surface area contributed by atoms with Crippen LogP contribution in [0.25, 0.3) is 11.1 Å². The van der Waals surface area contributed by atoms with Gasteiger partial charge >= 0.3 is 0 Å². The first-order chi connectivity index (χ1) is 10.2. The fourth-order valence-corrected chi connectivity index (χ4v) is 2.93. The molecule has 0 fully saturated rings. The maximum atomic E-state index is 9.12. The van der Waals surface area contributed by atoms with E-state index in [4.69, 9.17) is 10.5 Å². The highest BCUT2D eigenvalue weighted by Crippen LogP contribution is 2.35. The molecule has 3 rings (SSSR count). The molecule has 2 aromatic rings. The Hall–Kier alpha value is -2.25. The lowest BCUT2D eigenvalue weighted by Crippen LogP contribution is -2.07. The van der Waals surface area contributed by atoms with Crippen molar-refractivity contribution in [3.63, 3.8) is 0 Å². The highest BCUT2D eigenvalue weighted by atomic mass is 127. The van der Waals surface area contributed by atoms with Gasteiger partial charge < -0.3 is 8.43 Å². The minimum Gasteiger partial charge on any atom is -0.328 e. The molecule has 1 aliphatic heterocycles. The van der Waals surface area contributed by atoms with Crippen LogP contribution in [-0.4, -0.2) is 4.90 Å². The van der Waals surface area contributed by atoms with Gasteiger partial charge in [-0.15, -0.1) is 0 Å². The van der Waals surface area contributed by atoms with E-state index in [-0.39, 0.29) is 0 Å². The van der Waals surface area contributed by atoms with Gasteiger partial charge in [-0.05, 0) is 46.5 Å². The number of hydrogen-bond donors (Lipinski definition) is 1. The van der Waals surface area contributed by atoms with Crippen LogP contribution in [0.1, 0.15) is 16.7 Å². The van der Waals surface area contributed by atoms with Crippen molar-refractivity contribution < 1.29 is 0 Å². The van der Waals surface area contributed by atoms with E-state index in [0.717, 1.165) is 16.8 Å². The van der Waals surface area contributed by atoms with Gasteiger partial charge in [0.2, 0.25) is 0 Å². The van der Waals surface area contributed by atoms with E-state index in [1.807, 2.05) is 24.3 Å². The first-order valence-corrected chi connectivity index (χ1v) is 7.50. The molecule has 1 heterocycles. The van der Waals surface area contributed by atoms with Gasteiger partial charge in [-0.1, -0.05) is 12.1 Å². The summed E-state index contributed by atoms with van der Waals surface area (Å²) in [7, 11) is 0. The molecule has 5 heteroatoms. The standard InChI is InChI=1S/C16H11IN4/c17-20-14-5-13-8-21(10-19)9-16(13)15(6-14)12-3-1-11(7-18)2-4-12/h1-6,20H,8-9H2. The number of nitriles is 2. The van der Waals surface area contributed by atoms with Crippen molar-refractivity contribution in [3.8, 4) is 23.4 Å². The van der Waals surface area contributed by atoms with Crippen LogP contribution >= 0.6 is 22.9 Å². The van der Waals surface area contributed by atoms with E-state index < -0.39 is 0 Å². The summed E-state index contributed by atoms with van der Waals surface area (Å²) >= 11 is 2.11. The summed E-state index contributed by atoms with van der Waals surface area (Å²) in [4.78, 5) is 1.74. The minimum absolute atomic E-state index is 0.642. The van der Waals surface area contributed by atoms with Crippen molar-refractivity contribution in [2.75, 3.05) is 3.53 Å². The van der Waals surface area contributed by atoms with Crippen LogP contribution < -0.4 is 3.53 Å². The van der Waals surface area contributed by atoms with Crippen LogP contribution in [0.4, 0.5) is 5.69 Å². The third-order valence-electron chi connectivity index (χ3n) is 3.63. The van der Waals surface area contributed by atoms with Crippen LogP contribution in [0.15, 0.2) is 36.4 Å². The molecule has 0 radical (unpaired) electrons. The van der Waals surface area contributed by atoms with Crippen molar-refractivity contribution in [1.82, 2.24) is 4.90 Å². The normalized spacial score (nSPS) is 12.4. The average Bonchev–Trinajstić information content (AvgIpc) is 2.97. The van der Waals surface area contributed by atoms with Crippen molar-refractivity contribution in [2.45, 2.75) is 13.1 Å². The molecule has 2 aromatic carbocycles. The van der Waals surface area contributed by atoms with Crippen LogP contribution in [0.2, 0.25) is 0 Å². The summed E-state index contributed by atoms with van der Waals surface area (Å²) in [6.07, 6.45) is 2.21. The molecule has 0 saturated heterocycles. The van der Waals surface area contributed by atoms with Gasteiger partial charge in [0.05, 0.1) is 47.6 Å². The number of hydrogen-bond acceptors (Lipinski definition) is 4. The van der Waals surface area contributed by atoms with E-state index >= 15 is 0 Å². The van der Waals surface area contributed by atoms with Crippen LogP contribution in [-0.2, 0) is 13.1 Å². The predicted octanol–water partition coefficient (Wildman–Crippen LogP) is 3.78. The fourth-order valence-electron chi connectivity index (χ4n) is 2.62. The molecule has 0 saturated carbocycles. The van der Waals surface area contributed by atoms with Gasteiger partial charge in [-0.25, -0.2) is 0 Å². The van der Waals surface area contributed by atoms with Crippen molar-refractivity contribution in [3.05, 3.63) is 53.1 Å². The second-order valence-corrected chi connectivity index (χ2v) is 5.44. The lowest BCUT2D eigenvalue weighted by atomic mass is 9.95.